The smallest absolute Gasteiger partial charge is 0.203 e. The Morgan fingerprint density at radius 3 is 2.68 bits per heavy atom. The Kier molecular flexibility index (Phi) is 6.68. The van der Waals surface area contributed by atoms with Crippen LogP contribution < -0.4 is 5.43 Å². The second kappa shape index (κ2) is 7.77. The van der Waals surface area contributed by atoms with E-state index in [9.17, 15) is 0 Å². The number of hydrogen-bond donors (Lipinski definition) is 1. The van der Waals surface area contributed by atoms with Gasteiger partial charge in [-0.25, -0.2) is 4.98 Å². The number of aromatic nitrogens is 1. The van der Waals surface area contributed by atoms with Crippen molar-refractivity contribution in [2.24, 2.45) is 5.10 Å². The van der Waals surface area contributed by atoms with Crippen molar-refractivity contribution in [1.82, 2.24) is 4.98 Å². The average molecular weight is 405 g/mol. The molecule has 0 spiro atoms. The zero-order valence-electron chi connectivity index (χ0n) is 10.7. The number of hydrazone groups is 1. The van der Waals surface area contributed by atoms with Gasteiger partial charge in [-0.05, 0) is 25.5 Å². The van der Waals surface area contributed by atoms with E-state index >= 15 is 0 Å². The first-order chi connectivity index (χ1) is 8.69. The quantitative estimate of drug-likeness (QED) is 0.550. The second-order valence-electron chi connectivity index (χ2n) is 3.86. The second-order valence-corrected chi connectivity index (χ2v) is 5.63. The average Bonchev–Trinajstić information content (AvgIpc) is 2.85. The van der Waals surface area contributed by atoms with Gasteiger partial charge in [-0.15, -0.1) is 28.3 Å². The number of halogens is 2. The van der Waals surface area contributed by atoms with Crippen molar-refractivity contribution in [3.63, 3.8) is 0 Å². The maximum atomic E-state index is 4.50. The molecule has 0 amide bonds. The van der Waals surface area contributed by atoms with Crippen LogP contribution in [0.2, 0.25) is 0 Å². The van der Waals surface area contributed by atoms with Crippen LogP contribution in [0.5, 0.6) is 0 Å². The van der Waals surface area contributed by atoms with Gasteiger partial charge < -0.3 is 0 Å². The summed E-state index contributed by atoms with van der Waals surface area (Å²) in [4.78, 5) is 4.50. The molecule has 1 N–H and O–H groups in total. The standard InChI is InChI=1S/C13H14BrN3S.BrH/c1-3-9(2)16-17-13-15-12(8-18-13)10-4-6-11(14)7-5-10;/h4-8H,3H2,1-2H3,(H,15,17);1H/b16-9+;. The molecule has 0 saturated heterocycles. The zero-order valence-corrected chi connectivity index (χ0v) is 14.8. The van der Waals surface area contributed by atoms with Crippen LogP contribution in [-0.2, 0) is 0 Å². The van der Waals surface area contributed by atoms with Crippen LogP contribution in [0.15, 0.2) is 39.2 Å². The Morgan fingerprint density at radius 2 is 2.05 bits per heavy atom. The van der Waals surface area contributed by atoms with Gasteiger partial charge in [-0.2, -0.15) is 5.10 Å². The van der Waals surface area contributed by atoms with Gasteiger partial charge in [-0.1, -0.05) is 35.0 Å². The lowest BCUT2D eigenvalue weighted by Gasteiger charge is -1.97. The number of anilines is 1. The lowest BCUT2D eigenvalue weighted by atomic mass is 10.2. The monoisotopic (exact) mass is 403 g/mol. The fourth-order valence-corrected chi connectivity index (χ4v) is 2.23. The summed E-state index contributed by atoms with van der Waals surface area (Å²) in [5.74, 6) is 0. The summed E-state index contributed by atoms with van der Waals surface area (Å²) in [7, 11) is 0. The summed E-state index contributed by atoms with van der Waals surface area (Å²) in [5, 5.41) is 7.09. The molecular weight excluding hydrogens is 390 g/mol. The van der Waals surface area contributed by atoms with E-state index in [4.69, 9.17) is 0 Å². The molecule has 1 aromatic heterocycles. The normalized spacial score (nSPS) is 11.0. The van der Waals surface area contributed by atoms with Gasteiger partial charge in [0.2, 0.25) is 5.13 Å². The van der Waals surface area contributed by atoms with Crippen LogP contribution in [0.25, 0.3) is 11.3 Å². The highest BCUT2D eigenvalue weighted by Crippen LogP contribution is 2.26. The van der Waals surface area contributed by atoms with Gasteiger partial charge in [-0.3, -0.25) is 5.43 Å². The molecule has 0 unspecified atom stereocenters. The number of thiazole rings is 1. The van der Waals surface area contributed by atoms with E-state index in [0.29, 0.717) is 0 Å². The Morgan fingerprint density at radius 1 is 1.37 bits per heavy atom. The Labute approximate surface area is 136 Å². The Balaban J connectivity index is 0.00000180. The fraction of sp³-hybridized carbons (Fsp3) is 0.231. The van der Waals surface area contributed by atoms with Crippen LogP contribution >= 0.6 is 44.2 Å². The van der Waals surface area contributed by atoms with Crippen molar-refractivity contribution in [1.29, 1.82) is 0 Å². The minimum atomic E-state index is 0. The van der Waals surface area contributed by atoms with Crippen molar-refractivity contribution in [3.05, 3.63) is 34.1 Å². The first kappa shape index (κ1) is 16.3. The molecule has 2 rings (SSSR count). The maximum Gasteiger partial charge on any atom is 0.203 e. The van der Waals surface area contributed by atoms with Crippen molar-refractivity contribution in [3.8, 4) is 11.3 Å². The van der Waals surface area contributed by atoms with E-state index in [1.165, 1.54) is 0 Å². The highest BCUT2D eigenvalue weighted by atomic mass is 79.9. The van der Waals surface area contributed by atoms with Crippen molar-refractivity contribution in [2.75, 3.05) is 5.43 Å². The van der Waals surface area contributed by atoms with Gasteiger partial charge in [0, 0.05) is 21.1 Å². The molecule has 3 nitrogen and oxygen atoms in total. The summed E-state index contributed by atoms with van der Waals surface area (Å²) in [6.45, 7) is 4.08. The molecule has 1 heterocycles. The van der Waals surface area contributed by atoms with E-state index in [1.807, 2.05) is 36.6 Å². The van der Waals surface area contributed by atoms with Crippen LogP contribution in [0, 0.1) is 0 Å². The molecule has 1 aromatic carbocycles. The van der Waals surface area contributed by atoms with Crippen LogP contribution in [0.3, 0.4) is 0 Å². The number of benzene rings is 1. The number of nitrogens with zero attached hydrogens (tertiary/aromatic N) is 2. The van der Waals surface area contributed by atoms with Crippen molar-refractivity contribution < 1.29 is 0 Å². The Hall–Kier alpha value is -0.720. The molecule has 0 aliphatic rings. The SMILES string of the molecule is Br.CC/C(C)=N/Nc1nc(-c2ccc(Br)cc2)cs1. The fourth-order valence-electron chi connectivity index (χ4n) is 1.30. The van der Waals surface area contributed by atoms with Crippen LogP contribution in [-0.4, -0.2) is 10.7 Å². The van der Waals surface area contributed by atoms with E-state index in [1.54, 1.807) is 11.3 Å². The molecule has 0 bridgehead atoms. The van der Waals surface area contributed by atoms with Crippen LogP contribution in [0.4, 0.5) is 5.13 Å². The molecular formula is C13H15Br2N3S. The van der Waals surface area contributed by atoms with E-state index in [-0.39, 0.29) is 17.0 Å². The predicted octanol–water partition coefficient (Wildman–Crippen LogP) is 5.35. The van der Waals surface area contributed by atoms with Gasteiger partial charge in [0.05, 0.1) is 5.69 Å². The summed E-state index contributed by atoms with van der Waals surface area (Å²) in [5.41, 5.74) is 6.13. The zero-order chi connectivity index (χ0) is 13.0. The summed E-state index contributed by atoms with van der Waals surface area (Å²) < 4.78 is 1.07. The molecule has 2 aromatic rings. The van der Waals surface area contributed by atoms with Gasteiger partial charge in [0.25, 0.3) is 0 Å². The minimum Gasteiger partial charge on any atom is -0.253 e. The van der Waals surface area contributed by atoms with Crippen molar-refractivity contribution in [2.45, 2.75) is 20.3 Å². The summed E-state index contributed by atoms with van der Waals surface area (Å²) >= 11 is 4.98. The molecule has 0 atom stereocenters. The number of nitrogens with one attached hydrogen (secondary N) is 1. The third kappa shape index (κ3) is 4.71. The minimum absolute atomic E-state index is 0. The topological polar surface area (TPSA) is 37.3 Å². The molecule has 0 radical (unpaired) electrons. The number of rotatable bonds is 4. The molecule has 0 saturated carbocycles. The lowest BCUT2D eigenvalue weighted by molar-refractivity contribution is 1.20. The first-order valence-corrected chi connectivity index (χ1v) is 7.37. The van der Waals surface area contributed by atoms with Gasteiger partial charge >= 0.3 is 0 Å². The molecule has 0 fully saturated rings. The summed E-state index contributed by atoms with van der Waals surface area (Å²) in [6, 6.07) is 8.12. The predicted molar refractivity (Wildman–Crippen MR) is 92.6 cm³/mol. The molecule has 0 aliphatic heterocycles. The molecule has 19 heavy (non-hydrogen) atoms. The maximum absolute atomic E-state index is 4.50. The van der Waals surface area contributed by atoms with E-state index in [2.05, 4.69) is 38.4 Å². The van der Waals surface area contributed by atoms with Crippen LogP contribution in [0.1, 0.15) is 20.3 Å². The molecule has 0 aliphatic carbocycles. The first-order valence-electron chi connectivity index (χ1n) is 5.69. The van der Waals surface area contributed by atoms with E-state index < -0.39 is 0 Å². The van der Waals surface area contributed by atoms with Gasteiger partial charge in [0.15, 0.2) is 0 Å². The van der Waals surface area contributed by atoms with E-state index in [0.717, 1.165) is 33.0 Å². The highest BCUT2D eigenvalue weighted by Gasteiger charge is 2.03. The van der Waals surface area contributed by atoms with Crippen molar-refractivity contribution >= 4 is 55.1 Å². The number of hydrogen-bond acceptors (Lipinski definition) is 4. The van der Waals surface area contributed by atoms with Gasteiger partial charge in [0.1, 0.15) is 0 Å². The highest BCUT2D eigenvalue weighted by molar-refractivity contribution is 9.10. The third-order valence-corrected chi connectivity index (χ3v) is 3.77. The third-order valence-electron chi connectivity index (χ3n) is 2.50. The summed E-state index contributed by atoms with van der Waals surface area (Å²) in [6.07, 6.45) is 0.942. The largest absolute Gasteiger partial charge is 0.253 e. The Bertz CT molecular complexity index is 549. The molecule has 102 valence electrons. The molecule has 6 heteroatoms. The lowest BCUT2D eigenvalue weighted by Crippen LogP contribution is -1.95.